The topological polar surface area (TPSA) is 99.8 Å². The van der Waals surface area contributed by atoms with E-state index in [9.17, 15) is 9.59 Å². The van der Waals surface area contributed by atoms with Crippen molar-refractivity contribution >= 4 is 11.7 Å². The molecule has 7 heteroatoms. The molecule has 124 valence electrons. The summed E-state index contributed by atoms with van der Waals surface area (Å²) in [6, 6.07) is 3.61. The van der Waals surface area contributed by atoms with Crippen molar-refractivity contribution in [1.82, 2.24) is 20.3 Å². The molecule has 0 bridgehead atoms. The number of pyridine rings is 1. The maximum Gasteiger partial charge on any atom is 0.263 e. The highest BCUT2D eigenvalue weighted by Gasteiger charge is 2.25. The monoisotopic (exact) mass is 325 g/mol. The van der Waals surface area contributed by atoms with Crippen LogP contribution in [0.15, 0.2) is 29.3 Å². The maximum absolute atomic E-state index is 12.5. The molecule has 0 saturated heterocycles. The van der Waals surface area contributed by atoms with Crippen LogP contribution in [0.3, 0.4) is 0 Å². The van der Waals surface area contributed by atoms with Gasteiger partial charge in [0.1, 0.15) is 17.2 Å². The van der Waals surface area contributed by atoms with E-state index in [0.29, 0.717) is 11.7 Å². The highest BCUT2D eigenvalue weighted by atomic mass is 16.2. The number of H-pyrrole nitrogens is 1. The Kier molecular flexibility index (Phi) is 3.76. The van der Waals surface area contributed by atoms with Gasteiger partial charge in [0.25, 0.3) is 11.5 Å². The number of aromatic amines is 1. The third-order valence-electron chi connectivity index (χ3n) is 4.80. The quantitative estimate of drug-likeness (QED) is 0.798. The Labute approximate surface area is 138 Å². The molecule has 3 N–H and O–H groups in total. The molecule has 1 unspecified atom stereocenters. The zero-order chi connectivity index (χ0) is 16.5. The second-order valence-electron chi connectivity index (χ2n) is 6.32. The molecule has 1 aliphatic heterocycles. The molecule has 7 nitrogen and oxygen atoms in total. The summed E-state index contributed by atoms with van der Waals surface area (Å²) in [4.78, 5) is 36.0. The van der Waals surface area contributed by atoms with E-state index in [2.05, 4.69) is 25.6 Å². The first-order valence-electron chi connectivity index (χ1n) is 8.31. The van der Waals surface area contributed by atoms with Gasteiger partial charge in [-0.25, -0.2) is 9.97 Å². The van der Waals surface area contributed by atoms with Gasteiger partial charge in [0, 0.05) is 30.4 Å². The zero-order valence-electron chi connectivity index (χ0n) is 13.2. The number of nitrogens with zero attached hydrogens (tertiary/aromatic N) is 2. The van der Waals surface area contributed by atoms with Crippen molar-refractivity contribution < 1.29 is 4.79 Å². The summed E-state index contributed by atoms with van der Waals surface area (Å²) in [7, 11) is 0. The molecular formula is C17H19N5O2. The molecular weight excluding hydrogens is 306 g/mol. The summed E-state index contributed by atoms with van der Waals surface area (Å²) in [5.74, 6) is 1.41. The van der Waals surface area contributed by atoms with Crippen LogP contribution in [0.4, 0.5) is 5.82 Å². The number of carbonyl (C=O) groups excluding carboxylic acids is 1. The normalized spacial score (nSPS) is 19.8. The van der Waals surface area contributed by atoms with Crippen molar-refractivity contribution in [2.24, 2.45) is 0 Å². The minimum Gasteiger partial charge on any atom is -0.370 e. The molecule has 0 radical (unpaired) electrons. The SMILES string of the molecule is O=C(NC1CCNc2ncccc21)c1cnc(C2CCC2)[nH]c1=O. The summed E-state index contributed by atoms with van der Waals surface area (Å²) in [6.45, 7) is 0.726. The molecule has 4 rings (SSSR count). The van der Waals surface area contributed by atoms with Gasteiger partial charge in [-0.3, -0.25) is 9.59 Å². The van der Waals surface area contributed by atoms with Crippen LogP contribution in [0.25, 0.3) is 0 Å². The predicted octanol–water partition coefficient (Wildman–Crippen LogP) is 1.72. The van der Waals surface area contributed by atoms with E-state index in [0.717, 1.165) is 37.2 Å². The van der Waals surface area contributed by atoms with E-state index >= 15 is 0 Å². The van der Waals surface area contributed by atoms with E-state index < -0.39 is 5.91 Å². The molecule has 1 amide bonds. The van der Waals surface area contributed by atoms with Crippen LogP contribution in [0, 0.1) is 0 Å². The second kappa shape index (κ2) is 6.07. The van der Waals surface area contributed by atoms with E-state index in [1.165, 1.54) is 12.6 Å². The molecule has 1 saturated carbocycles. The van der Waals surface area contributed by atoms with E-state index in [-0.39, 0.29) is 17.2 Å². The zero-order valence-corrected chi connectivity index (χ0v) is 13.2. The number of amides is 1. The van der Waals surface area contributed by atoms with E-state index in [1.807, 2.05) is 12.1 Å². The maximum atomic E-state index is 12.5. The summed E-state index contributed by atoms with van der Waals surface area (Å²) in [5, 5.41) is 6.14. The number of nitrogens with one attached hydrogen (secondary N) is 3. The lowest BCUT2D eigenvalue weighted by molar-refractivity contribution is 0.0932. The Hall–Kier alpha value is -2.70. The Morgan fingerprint density at radius 1 is 1.25 bits per heavy atom. The Bertz CT molecular complexity index is 828. The molecule has 2 aliphatic rings. The number of aromatic nitrogens is 3. The van der Waals surface area contributed by atoms with Crippen LogP contribution in [0.1, 0.15) is 59.4 Å². The smallest absolute Gasteiger partial charge is 0.263 e. The van der Waals surface area contributed by atoms with Gasteiger partial charge < -0.3 is 15.6 Å². The van der Waals surface area contributed by atoms with Crippen molar-refractivity contribution in [2.75, 3.05) is 11.9 Å². The van der Waals surface area contributed by atoms with E-state index in [4.69, 9.17) is 0 Å². The van der Waals surface area contributed by atoms with Crippen LogP contribution in [0.2, 0.25) is 0 Å². The summed E-state index contributed by atoms with van der Waals surface area (Å²) in [6.07, 6.45) is 7.12. The fourth-order valence-corrected chi connectivity index (χ4v) is 3.18. The van der Waals surface area contributed by atoms with Crippen LogP contribution in [0.5, 0.6) is 0 Å². The van der Waals surface area contributed by atoms with Crippen molar-refractivity contribution in [3.63, 3.8) is 0 Å². The number of hydrogen-bond donors (Lipinski definition) is 3. The molecule has 2 aromatic heterocycles. The lowest BCUT2D eigenvalue weighted by atomic mass is 9.85. The molecule has 24 heavy (non-hydrogen) atoms. The van der Waals surface area contributed by atoms with Gasteiger partial charge in [-0.2, -0.15) is 0 Å². The van der Waals surface area contributed by atoms with Crippen LogP contribution < -0.4 is 16.2 Å². The third-order valence-corrected chi connectivity index (χ3v) is 4.80. The number of hydrogen-bond acceptors (Lipinski definition) is 5. The van der Waals surface area contributed by atoms with Crippen molar-refractivity contribution in [3.05, 3.63) is 51.8 Å². The molecule has 2 aromatic rings. The summed E-state index contributed by atoms with van der Waals surface area (Å²) in [5.41, 5.74) is 0.624. The average Bonchev–Trinajstić information content (AvgIpc) is 2.53. The Balaban J connectivity index is 1.54. The fraction of sp³-hybridized carbons (Fsp3) is 0.412. The van der Waals surface area contributed by atoms with Crippen molar-refractivity contribution in [1.29, 1.82) is 0 Å². The minimum atomic E-state index is -0.398. The minimum absolute atomic E-state index is 0.0575. The number of rotatable bonds is 3. The van der Waals surface area contributed by atoms with Crippen LogP contribution in [-0.2, 0) is 0 Å². The van der Waals surface area contributed by atoms with Gasteiger partial charge in [-0.1, -0.05) is 12.5 Å². The van der Waals surface area contributed by atoms with Gasteiger partial charge in [-0.05, 0) is 25.3 Å². The lowest BCUT2D eigenvalue weighted by Gasteiger charge is -2.26. The van der Waals surface area contributed by atoms with Gasteiger partial charge in [0.2, 0.25) is 0 Å². The van der Waals surface area contributed by atoms with E-state index in [1.54, 1.807) is 6.20 Å². The first kappa shape index (κ1) is 14.9. The first-order valence-corrected chi connectivity index (χ1v) is 8.31. The standard InChI is InChI=1S/C17H19N5O2/c23-16(12-9-20-14(22-17(12)24)10-3-1-4-10)21-13-6-8-19-15-11(13)5-2-7-18-15/h2,5,7,9-10,13H,1,3-4,6,8H2,(H,18,19)(H,21,23)(H,20,22,24). The van der Waals surface area contributed by atoms with Crippen molar-refractivity contribution in [2.45, 2.75) is 37.6 Å². The Morgan fingerprint density at radius 2 is 2.12 bits per heavy atom. The molecule has 1 atom stereocenters. The fourth-order valence-electron chi connectivity index (χ4n) is 3.18. The first-order chi connectivity index (χ1) is 11.7. The predicted molar refractivity (Wildman–Crippen MR) is 89.0 cm³/mol. The van der Waals surface area contributed by atoms with Gasteiger partial charge in [0.05, 0.1) is 6.04 Å². The number of carbonyl (C=O) groups is 1. The molecule has 1 aliphatic carbocycles. The van der Waals surface area contributed by atoms with Crippen molar-refractivity contribution in [3.8, 4) is 0 Å². The Morgan fingerprint density at radius 3 is 2.88 bits per heavy atom. The van der Waals surface area contributed by atoms with Crippen LogP contribution >= 0.6 is 0 Å². The molecule has 1 fully saturated rings. The second-order valence-corrected chi connectivity index (χ2v) is 6.32. The number of fused-ring (bicyclic) bond motifs is 1. The summed E-state index contributed by atoms with van der Waals surface area (Å²) >= 11 is 0. The van der Waals surface area contributed by atoms with Gasteiger partial charge in [0.15, 0.2) is 0 Å². The largest absolute Gasteiger partial charge is 0.370 e. The molecule has 3 heterocycles. The number of anilines is 1. The molecule has 0 aromatic carbocycles. The third kappa shape index (κ3) is 2.66. The highest BCUT2D eigenvalue weighted by Crippen LogP contribution is 2.33. The summed E-state index contributed by atoms with van der Waals surface area (Å²) < 4.78 is 0. The van der Waals surface area contributed by atoms with Crippen LogP contribution in [-0.4, -0.2) is 27.4 Å². The van der Waals surface area contributed by atoms with Gasteiger partial charge >= 0.3 is 0 Å². The average molecular weight is 325 g/mol. The molecule has 0 spiro atoms. The highest BCUT2D eigenvalue weighted by molar-refractivity contribution is 5.93. The lowest BCUT2D eigenvalue weighted by Crippen LogP contribution is -2.36. The van der Waals surface area contributed by atoms with Gasteiger partial charge in [-0.15, -0.1) is 0 Å².